The van der Waals surface area contributed by atoms with Crippen molar-refractivity contribution in [3.8, 4) is 11.1 Å². The number of pyridine rings is 1. The van der Waals surface area contributed by atoms with Gasteiger partial charge in [0.25, 0.3) is 0 Å². The number of aromatic nitrogens is 2. The predicted molar refractivity (Wildman–Crippen MR) is 117 cm³/mol. The molecule has 0 spiro atoms. The zero-order chi connectivity index (χ0) is 24.6. The molecule has 0 aliphatic heterocycles. The van der Waals surface area contributed by atoms with Gasteiger partial charge in [-0.3, -0.25) is 4.79 Å². The maximum atomic E-state index is 15.0. The highest BCUT2D eigenvalue weighted by atomic mass is 35.5. The average molecular weight is 514 g/mol. The van der Waals surface area contributed by atoms with E-state index in [0.29, 0.717) is 16.2 Å². The summed E-state index contributed by atoms with van der Waals surface area (Å²) in [5.41, 5.74) is -4.90. The number of H-pyrrole nitrogens is 1. The number of hydrogen-bond donors (Lipinski definition) is 2. The number of alkyl halides is 3. The number of nitrogens with one attached hydrogen (secondary N) is 2. The lowest BCUT2D eigenvalue weighted by atomic mass is 9.98. The van der Waals surface area contributed by atoms with Crippen LogP contribution in [0.4, 0.5) is 22.0 Å². The lowest BCUT2D eigenvalue weighted by Crippen LogP contribution is -2.30. The van der Waals surface area contributed by atoms with Crippen molar-refractivity contribution in [2.75, 3.05) is 0 Å². The smallest absolute Gasteiger partial charge is 0.345 e. The second kappa shape index (κ2) is 9.24. The van der Waals surface area contributed by atoms with Crippen LogP contribution >= 0.6 is 11.6 Å². The van der Waals surface area contributed by atoms with Crippen LogP contribution in [0.2, 0.25) is 5.02 Å². The first-order valence-electron chi connectivity index (χ1n) is 9.53. The van der Waals surface area contributed by atoms with Crippen LogP contribution in [0.1, 0.15) is 21.5 Å². The average Bonchev–Trinajstić information content (AvgIpc) is 3.21. The van der Waals surface area contributed by atoms with E-state index >= 15 is 0 Å². The quantitative estimate of drug-likeness (QED) is 0.258. The standard InChI is InChI=1S/C22H13ClF5N3O2S/c23-14-4-1-11(2-5-14)13-7-15-16(10-30-21(15)29-8-13)20(32)18-17(24)6-3-12(19(18)25)9-31-34(33)22(26,27)28/h1-8,10,31H,9H2,(H,29,30). The van der Waals surface area contributed by atoms with Crippen molar-refractivity contribution in [1.82, 2.24) is 14.7 Å². The molecule has 176 valence electrons. The van der Waals surface area contributed by atoms with Gasteiger partial charge in [-0.15, -0.1) is 0 Å². The van der Waals surface area contributed by atoms with Crippen molar-refractivity contribution in [2.24, 2.45) is 0 Å². The predicted octanol–water partition coefficient (Wildman–Crippen LogP) is 5.67. The fourth-order valence-electron chi connectivity index (χ4n) is 3.29. The summed E-state index contributed by atoms with van der Waals surface area (Å²) in [5, 5.41) is 0.813. The van der Waals surface area contributed by atoms with Crippen molar-refractivity contribution in [3.63, 3.8) is 0 Å². The maximum Gasteiger partial charge on any atom is 0.485 e. The Balaban J connectivity index is 1.71. The molecule has 2 aromatic heterocycles. The molecule has 0 saturated carbocycles. The number of fused-ring (bicyclic) bond motifs is 1. The van der Waals surface area contributed by atoms with Crippen LogP contribution in [0.25, 0.3) is 22.2 Å². The first kappa shape index (κ1) is 24.0. The lowest BCUT2D eigenvalue weighted by Gasteiger charge is -2.11. The molecule has 2 heterocycles. The lowest BCUT2D eigenvalue weighted by molar-refractivity contribution is -0.0394. The number of benzene rings is 2. The molecule has 4 rings (SSSR count). The summed E-state index contributed by atoms with van der Waals surface area (Å²) >= 11 is 5.90. The highest BCUT2D eigenvalue weighted by Gasteiger charge is 2.37. The topological polar surface area (TPSA) is 74.8 Å². The fourth-order valence-corrected chi connectivity index (χ4v) is 3.87. The van der Waals surface area contributed by atoms with Gasteiger partial charge >= 0.3 is 5.51 Å². The summed E-state index contributed by atoms with van der Waals surface area (Å²) in [7, 11) is -3.46. The second-order valence-electron chi connectivity index (χ2n) is 7.09. The highest BCUT2D eigenvalue weighted by Crippen LogP contribution is 2.29. The number of carbonyl (C=O) groups is 1. The molecule has 5 nitrogen and oxygen atoms in total. The van der Waals surface area contributed by atoms with Crippen LogP contribution in [0.3, 0.4) is 0 Å². The Hall–Kier alpha value is -3.15. The zero-order valence-corrected chi connectivity index (χ0v) is 18.4. The number of nitrogens with zero attached hydrogens (tertiary/aromatic N) is 1. The number of halogens is 6. The number of hydrogen-bond acceptors (Lipinski definition) is 3. The van der Waals surface area contributed by atoms with E-state index in [9.17, 15) is 31.0 Å². The third-order valence-corrected chi connectivity index (χ3v) is 6.03. The van der Waals surface area contributed by atoms with Crippen molar-refractivity contribution < 1.29 is 31.0 Å². The third-order valence-electron chi connectivity index (χ3n) is 4.96. The molecule has 0 bridgehead atoms. The zero-order valence-electron chi connectivity index (χ0n) is 16.8. The largest absolute Gasteiger partial charge is 0.485 e. The Morgan fingerprint density at radius 1 is 1.09 bits per heavy atom. The minimum Gasteiger partial charge on any atom is -0.345 e. The molecule has 0 aliphatic carbocycles. The molecule has 0 saturated heterocycles. The van der Waals surface area contributed by atoms with Gasteiger partial charge in [0.2, 0.25) is 5.78 Å². The van der Waals surface area contributed by atoms with E-state index in [0.717, 1.165) is 17.7 Å². The van der Waals surface area contributed by atoms with Crippen molar-refractivity contribution in [1.29, 1.82) is 0 Å². The third kappa shape index (κ3) is 4.72. The molecular formula is C22H13ClF5N3O2S. The van der Waals surface area contributed by atoms with Crippen LogP contribution < -0.4 is 4.72 Å². The highest BCUT2D eigenvalue weighted by molar-refractivity contribution is 7.83. The van der Waals surface area contributed by atoms with E-state index in [1.165, 1.54) is 6.20 Å². The molecule has 0 fully saturated rings. The summed E-state index contributed by atoms with van der Waals surface area (Å²) in [6.07, 6.45) is 2.79. The van der Waals surface area contributed by atoms with Crippen LogP contribution in [-0.2, 0) is 17.5 Å². The van der Waals surface area contributed by atoms with Crippen LogP contribution in [0, 0.1) is 11.6 Å². The van der Waals surface area contributed by atoms with E-state index < -0.39 is 51.6 Å². The van der Waals surface area contributed by atoms with E-state index in [4.69, 9.17) is 11.6 Å². The van der Waals surface area contributed by atoms with Gasteiger partial charge in [0.15, 0.2) is 11.0 Å². The van der Waals surface area contributed by atoms with Crippen molar-refractivity contribution in [2.45, 2.75) is 12.1 Å². The Morgan fingerprint density at radius 3 is 2.47 bits per heavy atom. The summed E-state index contributed by atoms with van der Waals surface area (Å²) in [4.78, 5) is 20.1. The van der Waals surface area contributed by atoms with Gasteiger partial charge in [0.05, 0.1) is 5.56 Å². The number of ketones is 1. The SMILES string of the molecule is O=C(c1c(F)ccc(CNS(=O)C(F)(F)F)c1F)c1c[nH]c2ncc(-c3ccc(Cl)cc3)cc12. The van der Waals surface area contributed by atoms with E-state index in [1.807, 2.05) is 0 Å². The summed E-state index contributed by atoms with van der Waals surface area (Å²) in [6, 6.07) is 10.1. The Labute approximate surface area is 196 Å². The molecule has 4 aromatic rings. The van der Waals surface area contributed by atoms with Gasteiger partial charge in [0.1, 0.15) is 17.3 Å². The molecule has 34 heavy (non-hydrogen) atoms. The van der Waals surface area contributed by atoms with Gasteiger partial charge in [-0.1, -0.05) is 29.8 Å². The van der Waals surface area contributed by atoms with Crippen molar-refractivity contribution >= 4 is 39.4 Å². The van der Waals surface area contributed by atoms with E-state index in [1.54, 1.807) is 41.3 Å². The van der Waals surface area contributed by atoms with Crippen molar-refractivity contribution in [3.05, 3.63) is 88.2 Å². The Bertz CT molecular complexity index is 1420. The first-order valence-corrected chi connectivity index (χ1v) is 11.1. The minimum absolute atomic E-state index is 0.0832. The molecule has 12 heteroatoms. The Morgan fingerprint density at radius 2 is 1.79 bits per heavy atom. The summed E-state index contributed by atoms with van der Waals surface area (Å²) < 4.78 is 79.5. The maximum absolute atomic E-state index is 15.0. The van der Waals surface area contributed by atoms with Gasteiger partial charge < -0.3 is 4.98 Å². The molecule has 2 N–H and O–H groups in total. The van der Waals surface area contributed by atoms with Crippen LogP contribution in [0.5, 0.6) is 0 Å². The normalized spacial score (nSPS) is 12.8. The van der Waals surface area contributed by atoms with Gasteiger partial charge in [-0.25, -0.2) is 22.7 Å². The number of rotatable bonds is 6. The van der Waals surface area contributed by atoms with E-state index in [-0.39, 0.29) is 10.9 Å². The molecule has 2 aromatic carbocycles. The van der Waals surface area contributed by atoms with Gasteiger partial charge in [-0.05, 0) is 29.8 Å². The van der Waals surface area contributed by atoms with Gasteiger partial charge in [-0.2, -0.15) is 13.2 Å². The minimum atomic E-state index is -5.06. The molecule has 1 atom stereocenters. The molecular weight excluding hydrogens is 501 g/mol. The van der Waals surface area contributed by atoms with E-state index in [2.05, 4.69) is 9.97 Å². The van der Waals surface area contributed by atoms with Crippen LogP contribution in [0.15, 0.2) is 54.9 Å². The molecule has 0 aliphatic rings. The molecule has 0 amide bonds. The summed E-state index contributed by atoms with van der Waals surface area (Å²) in [5.74, 6) is -3.58. The monoisotopic (exact) mass is 513 g/mol. The first-order chi connectivity index (χ1) is 16.1. The summed E-state index contributed by atoms with van der Waals surface area (Å²) in [6.45, 7) is -0.839. The van der Waals surface area contributed by atoms with Gasteiger partial charge in [0, 0.05) is 46.0 Å². The Kier molecular flexibility index (Phi) is 6.52. The number of aromatic amines is 1. The molecule has 1 unspecified atom stereocenters. The number of carbonyl (C=O) groups excluding carboxylic acids is 1. The fraction of sp³-hybridized carbons (Fsp3) is 0.0909. The molecule has 0 radical (unpaired) electrons. The second-order valence-corrected chi connectivity index (χ2v) is 8.82. The van der Waals surface area contributed by atoms with Crippen LogP contribution in [-0.4, -0.2) is 25.5 Å².